The lowest BCUT2D eigenvalue weighted by Gasteiger charge is -2.12. The van der Waals surface area contributed by atoms with Gasteiger partial charge in [0.15, 0.2) is 0 Å². The van der Waals surface area contributed by atoms with Gasteiger partial charge in [-0.1, -0.05) is 19.1 Å². The lowest BCUT2D eigenvalue weighted by atomic mass is 10.2. The van der Waals surface area contributed by atoms with Gasteiger partial charge in [0, 0.05) is 11.8 Å². The Kier molecular flexibility index (Phi) is 3.96. The Morgan fingerprint density at radius 3 is 2.77 bits per heavy atom. The summed E-state index contributed by atoms with van der Waals surface area (Å²) in [6, 6.07) is 7.84. The molecule has 0 amide bonds. The summed E-state index contributed by atoms with van der Waals surface area (Å²) in [5, 5.41) is 3.93. The standard InChI is InChI=1S/C10H16N2S/c1-8(13-2)7-12-10-6-4-3-5-9(10)11/h3-6,8,12H,7,11H2,1-2H3. The minimum absolute atomic E-state index is 0.611. The average Bonchev–Trinajstić information content (AvgIpc) is 2.16. The van der Waals surface area contributed by atoms with E-state index >= 15 is 0 Å². The summed E-state index contributed by atoms with van der Waals surface area (Å²) in [6.45, 7) is 3.15. The van der Waals surface area contributed by atoms with Gasteiger partial charge in [0.25, 0.3) is 0 Å². The van der Waals surface area contributed by atoms with Gasteiger partial charge in [0.2, 0.25) is 0 Å². The number of benzene rings is 1. The lowest BCUT2D eigenvalue weighted by molar-refractivity contribution is 1.00. The quantitative estimate of drug-likeness (QED) is 0.726. The first-order valence-corrected chi connectivity index (χ1v) is 5.64. The third-order valence-electron chi connectivity index (χ3n) is 1.94. The van der Waals surface area contributed by atoms with Gasteiger partial charge in [0.05, 0.1) is 11.4 Å². The molecule has 2 nitrogen and oxygen atoms in total. The van der Waals surface area contributed by atoms with Crippen molar-refractivity contribution in [2.24, 2.45) is 0 Å². The van der Waals surface area contributed by atoms with Crippen molar-refractivity contribution in [2.75, 3.05) is 23.9 Å². The maximum absolute atomic E-state index is 5.78. The molecule has 0 radical (unpaired) electrons. The molecule has 1 atom stereocenters. The van der Waals surface area contributed by atoms with Crippen LogP contribution in [0.15, 0.2) is 24.3 Å². The van der Waals surface area contributed by atoms with Crippen LogP contribution in [0.2, 0.25) is 0 Å². The van der Waals surface area contributed by atoms with Crippen LogP contribution in [-0.2, 0) is 0 Å². The second-order valence-corrected chi connectivity index (χ2v) is 4.29. The Balaban J connectivity index is 2.50. The zero-order valence-electron chi connectivity index (χ0n) is 8.08. The first kappa shape index (κ1) is 10.3. The number of thioether (sulfide) groups is 1. The van der Waals surface area contributed by atoms with E-state index in [1.165, 1.54) is 0 Å². The smallest absolute Gasteiger partial charge is 0.0574 e. The molecule has 0 bridgehead atoms. The van der Waals surface area contributed by atoms with Crippen molar-refractivity contribution >= 4 is 23.1 Å². The van der Waals surface area contributed by atoms with Crippen LogP contribution < -0.4 is 11.1 Å². The fourth-order valence-electron chi connectivity index (χ4n) is 0.995. The van der Waals surface area contributed by atoms with Gasteiger partial charge < -0.3 is 11.1 Å². The summed E-state index contributed by atoms with van der Waals surface area (Å²) in [7, 11) is 0. The van der Waals surface area contributed by atoms with E-state index < -0.39 is 0 Å². The number of anilines is 2. The van der Waals surface area contributed by atoms with Crippen LogP contribution in [0.1, 0.15) is 6.92 Å². The Morgan fingerprint density at radius 2 is 2.15 bits per heavy atom. The number of para-hydroxylation sites is 2. The van der Waals surface area contributed by atoms with Gasteiger partial charge in [-0.3, -0.25) is 0 Å². The van der Waals surface area contributed by atoms with Gasteiger partial charge in [-0.25, -0.2) is 0 Å². The molecule has 1 unspecified atom stereocenters. The molecule has 1 aromatic rings. The summed E-state index contributed by atoms with van der Waals surface area (Å²) < 4.78 is 0. The van der Waals surface area contributed by atoms with Crippen molar-refractivity contribution in [3.63, 3.8) is 0 Å². The second kappa shape index (κ2) is 5.02. The van der Waals surface area contributed by atoms with Gasteiger partial charge in [-0.15, -0.1) is 0 Å². The van der Waals surface area contributed by atoms with Crippen LogP contribution in [0, 0.1) is 0 Å². The van der Waals surface area contributed by atoms with Crippen molar-refractivity contribution in [1.29, 1.82) is 0 Å². The fraction of sp³-hybridized carbons (Fsp3) is 0.400. The first-order chi connectivity index (χ1) is 6.24. The molecular weight excluding hydrogens is 180 g/mol. The molecule has 0 saturated carbocycles. The monoisotopic (exact) mass is 196 g/mol. The maximum atomic E-state index is 5.78. The Morgan fingerprint density at radius 1 is 1.46 bits per heavy atom. The van der Waals surface area contributed by atoms with Crippen LogP contribution in [0.3, 0.4) is 0 Å². The van der Waals surface area contributed by atoms with Crippen LogP contribution in [-0.4, -0.2) is 18.1 Å². The van der Waals surface area contributed by atoms with Crippen LogP contribution >= 0.6 is 11.8 Å². The van der Waals surface area contributed by atoms with Gasteiger partial charge >= 0.3 is 0 Å². The third kappa shape index (κ3) is 3.19. The SMILES string of the molecule is CSC(C)CNc1ccccc1N. The Bertz CT molecular complexity index is 263. The van der Waals surface area contributed by atoms with E-state index in [9.17, 15) is 0 Å². The number of nitrogen functional groups attached to an aromatic ring is 1. The summed E-state index contributed by atoms with van der Waals surface area (Å²) in [4.78, 5) is 0. The lowest BCUT2D eigenvalue weighted by Crippen LogP contribution is -2.13. The van der Waals surface area contributed by atoms with Crippen molar-refractivity contribution < 1.29 is 0 Å². The normalized spacial score (nSPS) is 12.5. The molecule has 0 aromatic heterocycles. The molecule has 0 aliphatic heterocycles. The highest BCUT2D eigenvalue weighted by Crippen LogP contribution is 2.17. The average molecular weight is 196 g/mol. The number of hydrogen-bond donors (Lipinski definition) is 2. The van der Waals surface area contributed by atoms with Crippen molar-refractivity contribution in [2.45, 2.75) is 12.2 Å². The first-order valence-electron chi connectivity index (χ1n) is 4.35. The van der Waals surface area contributed by atoms with Crippen LogP contribution in [0.5, 0.6) is 0 Å². The minimum atomic E-state index is 0.611. The summed E-state index contributed by atoms with van der Waals surface area (Å²) in [5.41, 5.74) is 7.63. The highest BCUT2D eigenvalue weighted by Gasteiger charge is 2.00. The highest BCUT2D eigenvalue weighted by atomic mass is 32.2. The molecule has 13 heavy (non-hydrogen) atoms. The zero-order valence-corrected chi connectivity index (χ0v) is 8.90. The van der Waals surface area contributed by atoms with E-state index in [0.717, 1.165) is 17.9 Å². The molecule has 0 heterocycles. The molecule has 3 N–H and O–H groups in total. The highest BCUT2D eigenvalue weighted by molar-refractivity contribution is 7.99. The van der Waals surface area contributed by atoms with Gasteiger partial charge in [-0.2, -0.15) is 11.8 Å². The molecule has 0 spiro atoms. The number of hydrogen-bond acceptors (Lipinski definition) is 3. The van der Waals surface area contributed by atoms with Gasteiger partial charge in [0.1, 0.15) is 0 Å². The molecular formula is C10H16N2S. The fourth-order valence-corrected chi connectivity index (χ4v) is 1.25. The maximum Gasteiger partial charge on any atom is 0.0574 e. The molecule has 0 saturated heterocycles. The minimum Gasteiger partial charge on any atom is -0.397 e. The van der Waals surface area contributed by atoms with Crippen molar-refractivity contribution in [3.8, 4) is 0 Å². The summed E-state index contributed by atoms with van der Waals surface area (Å²) in [5.74, 6) is 0. The van der Waals surface area contributed by atoms with Crippen molar-refractivity contribution in [1.82, 2.24) is 0 Å². The molecule has 3 heteroatoms. The van der Waals surface area contributed by atoms with E-state index in [1.54, 1.807) is 0 Å². The van der Waals surface area contributed by atoms with E-state index in [-0.39, 0.29) is 0 Å². The Labute approximate surface area is 83.9 Å². The molecule has 72 valence electrons. The largest absolute Gasteiger partial charge is 0.397 e. The van der Waals surface area contributed by atoms with E-state index in [4.69, 9.17) is 5.73 Å². The Hall–Kier alpha value is -0.830. The zero-order chi connectivity index (χ0) is 9.68. The summed E-state index contributed by atoms with van der Waals surface area (Å²) in [6.07, 6.45) is 2.11. The number of nitrogens with two attached hydrogens (primary N) is 1. The predicted molar refractivity (Wildman–Crippen MR) is 62.3 cm³/mol. The van der Waals surface area contributed by atoms with Gasteiger partial charge in [-0.05, 0) is 18.4 Å². The van der Waals surface area contributed by atoms with E-state index in [0.29, 0.717) is 5.25 Å². The molecule has 0 fully saturated rings. The molecule has 0 aliphatic carbocycles. The predicted octanol–water partition coefficient (Wildman–Crippen LogP) is 2.43. The molecule has 1 aromatic carbocycles. The van der Waals surface area contributed by atoms with Crippen LogP contribution in [0.4, 0.5) is 11.4 Å². The molecule has 0 aliphatic rings. The van der Waals surface area contributed by atoms with Crippen LogP contribution in [0.25, 0.3) is 0 Å². The number of nitrogens with one attached hydrogen (secondary N) is 1. The summed E-state index contributed by atoms with van der Waals surface area (Å²) >= 11 is 1.85. The molecule has 1 rings (SSSR count). The van der Waals surface area contributed by atoms with E-state index in [2.05, 4.69) is 18.5 Å². The van der Waals surface area contributed by atoms with E-state index in [1.807, 2.05) is 36.0 Å². The topological polar surface area (TPSA) is 38.0 Å². The second-order valence-electron chi connectivity index (χ2n) is 3.01. The number of rotatable bonds is 4. The van der Waals surface area contributed by atoms with Crippen molar-refractivity contribution in [3.05, 3.63) is 24.3 Å². The third-order valence-corrected chi connectivity index (χ3v) is 2.91.